The second-order valence-electron chi connectivity index (χ2n) is 6.85. The fraction of sp³-hybridized carbons (Fsp3) is 0.227. The normalized spacial score (nSPS) is 11.4. The molecule has 0 saturated heterocycles. The molecule has 152 valence electrons. The molecule has 0 aliphatic carbocycles. The maximum Gasteiger partial charge on any atom is 0.232 e. The van der Waals surface area contributed by atoms with Crippen LogP contribution in [-0.4, -0.2) is 27.1 Å². The van der Waals surface area contributed by atoms with Gasteiger partial charge < -0.3 is 5.32 Å². The molecule has 0 radical (unpaired) electrons. The van der Waals surface area contributed by atoms with Crippen molar-refractivity contribution in [2.75, 3.05) is 17.1 Å². The van der Waals surface area contributed by atoms with Crippen molar-refractivity contribution in [2.45, 2.75) is 19.4 Å². The van der Waals surface area contributed by atoms with E-state index in [4.69, 9.17) is 0 Å². The number of benzene rings is 3. The maximum absolute atomic E-state index is 14.0. The first-order chi connectivity index (χ1) is 13.8. The number of nitrogens with one attached hydrogen (secondary N) is 1. The second-order valence-corrected chi connectivity index (χ2v) is 8.76. The van der Waals surface area contributed by atoms with Gasteiger partial charge in [-0.25, -0.2) is 12.8 Å². The van der Waals surface area contributed by atoms with Crippen molar-refractivity contribution in [3.63, 3.8) is 0 Å². The van der Waals surface area contributed by atoms with Crippen molar-refractivity contribution in [2.24, 2.45) is 0 Å². The van der Waals surface area contributed by atoms with Crippen molar-refractivity contribution in [3.05, 3.63) is 78.1 Å². The van der Waals surface area contributed by atoms with Gasteiger partial charge in [-0.05, 0) is 41.0 Å². The Morgan fingerprint density at radius 2 is 1.69 bits per heavy atom. The first kappa shape index (κ1) is 20.8. The summed E-state index contributed by atoms with van der Waals surface area (Å²) in [6, 6.07) is 19.7. The first-order valence-corrected chi connectivity index (χ1v) is 11.2. The van der Waals surface area contributed by atoms with Gasteiger partial charge in [0.2, 0.25) is 15.9 Å². The second kappa shape index (κ2) is 9.05. The molecule has 1 N–H and O–H groups in total. The molecule has 0 aliphatic rings. The summed E-state index contributed by atoms with van der Waals surface area (Å²) in [4.78, 5) is 12.2. The molecule has 0 aromatic heterocycles. The van der Waals surface area contributed by atoms with Crippen LogP contribution in [0.4, 0.5) is 10.1 Å². The number of nitrogens with zero attached hydrogens (tertiary/aromatic N) is 1. The number of anilines is 1. The van der Waals surface area contributed by atoms with E-state index in [0.717, 1.165) is 26.9 Å². The van der Waals surface area contributed by atoms with E-state index in [2.05, 4.69) is 5.32 Å². The highest BCUT2D eigenvalue weighted by Crippen LogP contribution is 2.22. The van der Waals surface area contributed by atoms with Gasteiger partial charge in [-0.15, -0.1) is 0 Å². The topological polar surface area (TPSA) is 66.5 Å². The summed E-state index contributed by atoms with van der Waals surface area (Å²) in [6.45, 7) is 0.427. The Balaban J connectivity index is 1.54. The summed E-state index contributed by atoms with van der Waals surface area (Å²) < 4.78 is 39.1. The SMILES string of the molecule is CS(=O)(=O)N(CCCC(=O)NCc1ccc2ccccc2c1)c1ccccc1F. The lowest BCUT2D eigenvalue weighted by atomic mass is 10.1. The molecular weight excluding hydrogens is 391 g/mol. The van der Waals surface area contributed by atoms with Crippen LogP contribution < -0.4 is 9.62 Å². The molecule has 5 nitrogen and oxygen atoms in total. The number of carbonyl (C=O) groups excluding carboxylic acids is 1. The zero-order valence-electron chi connectivity index (χ0n) is 16.1. The molecule has 0 spiro atoms. The lowest BCUT2D eigenvalue weighted by Gasteiger charge is -2.22. The number of halogens is 1. The minimum atomic E-state index is -3.65. The number of fused-ring (bicyclic) bond motifs is 1. The van der Waals surface area contributed by atoms with Crippen LogP contribution in [0, 0.1) is 5.82 Å². The molecule has 3 aromatic carbocycles. The van der Waals surface area contributed by atoms with Crippen molar-refractivity contribution < 1.29 is 17.6 Å². The van der Waals surface area contributed by atoms with Crippen LogP contribution >= 0.6 is 0 Å². The summed E-state index contributed by atoms with van der Waals surface area (Å²) in [6.07, 6.45) is 1.46. The number of sulfonamides is 1. The first-order valence-electron chi connectivity index (χ1n) is 9.31. The Bertz CT molecular complexity index is 1120. The summed E-state index contributed by atoms with van der Waals surface area (Å²) in [5.41, 5.74) is 0.979. The molecule has 7 heteroatoms. The van der Waals surface area contributed by atoms with Crippen molar-refractivity contribution in [3.8, 4) is 0 Å². The van der Waals surface area contributed by atoms with Crippen LogP contribution in [0.2, 0.25) is 0 Å². The zero-order valence-corrected chi connectivity index (χ0v) is 17.0. The third kappa shape index (κ3) is 5.54. The fourth-order valence-electron chi connectivity index (χ4n) is 3.14. The van der Waals surface area contributed by atoms with Gasteiger partial charge in [0, 0.05) is 19.5 Å². The highest BCUT2D eigenvalue weighted by molar-refractivity contribution is 7.92. The van der Waals surface area contributed by atoms with E-state index in [1.807, 2.05) is 42.5 Å². The van der Waals surface area contributed by atoms with Gasteiger partial charge in [0.05, 0.1) is 11.9 Å². The Hall–Kier alpha value is -2.93. The Labute approximate surface area is 170 Å². The van der Waals surface area contributed by atoms with Crippen molar-refractivity contribution in [1.29, 1.82) is 0 Å². The number of para-hydroxylation sites is 1. The third-order valence-electron chi connectivity index (χ3n) is 4.59. The Kier molecular flexibility index (Phi) is 6.49. The number of hydrogen-bond donors (Lipinski definition) is 1. The van der Waals surface area contributed by atoms with Gasteiger partial charge in [0.25, 0.3) is 0 Å². The summed E-state index contributed by atoms with van der Waals surface area (Å²) in [7, 11) is -3.65. The molecule has 3 aromatic rings. The fourth-order valence-corrected chi connectivity index (χ4v) is 4.11. The van der Waals surface area contributed by atoms with E-state index >= 15 is 0 Å². The van der Waals surface area contributed by atoms with Crippen LogP contribution in [0.3, 0.4) is 0 Å². The molecule has 0 unspecified atom stereocenters. The Morgan fingerprint density at radius 1 is 1.00 bits per heavy atom. The van der Waals surface area contributed by atoms with Gasteiger partial charge in [-0.1, -0.05) is 48.5 Å². The van der Waals surface area contributed by atoms with Crippen molar-refractivity contribution in [1.82, 2.24) is 5.32 Å². The van der Waals surface area contributed by atoms with Crippen LogP contribution in [0.5, 0.6) is 0 Å². The van der Waals surface area contributed by atoms with Crippen LogP contribution in [0.1, 0.15) is 18.4 Å². The highest BCUT2D eigenvalue weighted by atomic mass is 32.2. The van der Waals surface area contributed by atoms with Gasteiger partial charge in [-0.3, -0.25) is 9.10 Å². The van der Waals surface area contributed by atoms with E-state index in [0.29, 0.717) is 6.54 Å². The van der Waals surface area contributed by atoms with Crippen molar-refractivity contribution >= 4 is 32.4 Å². The molecule has 3 rings (SSSR count). The van der Waals surface area contributed by atoms with Gasteiger partial charge in [-0.2, -0.15) is 0 Å². The molecule has 0 saturated carbocycles. The predicted octanol–water partition coefficient (Wildman–Crippen LogP) is 3.84. The largest absolute Gasteiger partial charge is 0.352 e. The highest BCUT2D eigenvalue weighted by Gasteiger charge is 2.20. The standard InChI is InChI=1S/C22H23FN2O3S/c1-29(27,28)25(21-10-5-4-9-20(21)23)14-6-11-22(26)24-16-17-12-13-18-7-2-3-8-19(18)15-17/h2-5,7-10,12-13,15H,6,11,14,16H2,1H3,(H,24,26). The van der Waals surface area contributed by atoms with Crippen LogP contribution in [0.25, 0.3) is 10.8 Å². The number of rotatable bonds is 8. The third-order valence-corrected chi connectivity index (χ3v) is 5.77. The van der Waals surface area contributed by atoms with Gasteiger partial charge >= 0.3 is 0 Å². The maximum atomic E-state index is 14.0. The summed E-state index contributed by atoms with van der Waals surface area (Å²) >= 11 is 0. The van der Waals surface area contributed by atoms with E-state index < -0.39 is 15.8 Å². The van der Waals surface area contributed by atoms with Gasteiger partial charge in [0.1, 0.15) is 5.82 Å². The minimum Gasteiger partial charge on any atom is -0.352 e. The predicted molar refractivity (Wildman–Crippen MR) is 114 cm³/mol. The smallest absolute Gasteiger partial charge is 0.232 e. The van der Waals surface area contributed by atoms with E-state index in [9.17, 15) is 17.6 Å². The molecule has 0 bridgehead atoms. The monoisotopic (exact) mass is 414 g/mol. The lowest BCUT2D eigenvalue weighted by Crippen LogP contribution is -2.32. The summed E-state index contributed by atoms with van der Waals surface area (Å²) in [5.74, 6) is -0.793. The average Bonchev–Trinajstić information content (AvgIpc) is 2.69. The number of amides is 1. The molecule has 29 heavy (non-hydrogen) atoms. The molecule has 0 aliphatic heterocycles. The van der Waals surface area contributed by atoms with E-state index in [1.165, 1.54) is 18.2 Å². The molecule has 0 fully saturated rings. The van der Waals surface area contributed by atoms with Crippen LogP contribution in [0.15, 0.2) is 66.7 Å². The number of hydrogen-bond acceptors (Lipinski definition) is 3. The molecule has 0 atom stereocenters. The van der Waals surface area contributed by atoms with Gasteiger partial charge in [0.15, 0.2) is 0 Å². The quantitative estimate of drug-likeness (QED) is 0.609. The number of carbonyl (C=O) groups is 1. The zero-order chi connectivity index (χ0) is 20.9. The molecule has 0 heterocycles. The lowest BCUT2D eigenvalue weighted by molar-refractivity contribution is -0.121. The van der Waals surface area contributed by atoms with E-state index in [-0.39, 0.29) is 31.0 Å². The van der Waals surface area contributed by atoms with Crippen LogP contribution in [-0.2, 0) is 21.4 Å². The Morgan fingerprint density at radius 3 is 2.41 bits per heavy atom. The average molecular weight is 415 g/mol. The molecule has 1 amide bonds. The van der Waals surface area contributed by atoms with E-state index in [1.54, 1.807) is 6.07 Å². The minimum absolute atomic E-state index is 0.00780. The molecular formula is C22H23FN2O3S. The summed E-state index contributed by atoms with van der Waals surface area (Å²) in [5, 5.41) is 5.09.